The van der Waals surface area contributed by atoms with Crippen LogP contribution in [0.4, 0.5) is 4.39 Å². The highest BCUT2D eigenvalue weighted by molar-refractivity contribution is 5.94. The molecule has 2 heterocycles. The Morgan fingerprint density at radius 1 is 1.33 bits per heavy atom. The third-order valence-electron chi connectivity index (χ3n) is 5.35. The first-order valence-corrected chi connectivity index (χ1v) is 8.48. The lowest BCUT2D eigenvalue weighted by Crippen LogP contribution is -2.53. The number of hydrogen-bond donors (Lipinski definition) is 0. The predicted molar refractivity (Wildman–Crippen MR) is 88.8 cm³/mol. The Morgan fingerprint density at radius 3 is 2.75 bits per heavy atom. The van der Waals surface area contributed by atoms with Crippen LogP contribution in [-0.2, 0) is 4.74 Å². The molecule has 1 aromatic carbocycles. The molecule has 0 unspecified atom stereocenters. The van der Waals surface area contributed by atoms with Crippen LogP contribution in [0.3, 0.4) is 0 Å². The van der Waals surface area contributed by atoms with E-state index < -0.39 is 5.82 Å². The van der Waals surface area contributed by atoms with E-state index in [0.29, 0.717) is 18.0 Å². The summed E-state index contributed by atoms with van der Waals surface area (Å²) in [6.07, 6.45) is 1.00. The van der Waals surface area contributed by atoms with E-state index in [9.17, 15) is 9.18 Å². The maximum absolute atomic E-state index is 14.0. The number of rotatable bonds is 4. The summed E-state index contributed by atoms with van der Waals surface area (Å²) in [5.74, 6) is -0.149. The molecule has 0 saturated carbocycles. The Labute approximate surface area is 142 Å². The van der Waals surface area contributed by atoms with Crippen molar-refractivity contribution >= 4 is 5.91 Å². The van der Waals surface area contributed by atoms with E-state index in [0.717, 1.165) is 26.1 Å². The molecule has 5 nitrogen and oxygen atoms in total. The molecule has 3 rings (SSSR count). The van der Waals surface area contributed by atoms with Crippen LogP contribution < -0.4 is 4.74 Å². The number of fused-ring (bicyclic) bond motifs is 1. The zero-order chi connectivity index (χ0) is 17.3. The fourth-order valence-electron chi connectivity index (χ4n) is 4.00. The number of nitrogens with zero attached hydrogens (tertiary/aromatic N) is 2. The molecule has 0 N–H and O–H groups in total. The monoisotopic (exact) mass is 336 g/mol. The number of hydrogen-bond acceptors (Lipinski definition) is 4. The molecule has 6 heteroatoms. The quantitative estimate of drug-likeness (QED) is 0.844. The SMILES string of the molecule is CCN1C[C@H]2[C@H](OC)CCN(C(=O)c3ccc(OC)c(F)c3)[C@H]2C1. The molecule has 24 heavy (non-hydrogen) atoms. The molecule has 2 aliphatic heterocycles. The summed E-state index contributed by atoms with van der Waals surface area (Å²) < 4.78 is 24.5. The first kappa shape index (κ1) is 17.2. The third-order valence-corrected chi connectivity index (χ3v) is 5.35. The van der Waals surface area contributed by atoms with Crippen LogP contribution in [0.25, 0.3) is 0 Å². The van der Waals surface area contributed by atoms with Crippen LogP contribution >= 0.6 is 0 Å². The lowest BCUT2D eigenvalue weighted by Gasteiger charge is -2.41. The van der Waals surface area contributed by atoms with E-state index in [2.05, 4.69) is 11.8 Å². The van der Waals surface area contributed by atoms with E-state index in [4.69, 9.17) is 9.47 Å². The zero-order valence-electron chi connectivity index (χ0n) is 14.5. The highest BCUT2D eigenvalue weighted by atomic mass is 19.1. The van der Waals surface area contributed by atoms with Crippen LogP contribution in [0, 0.1) is 11.7 Å². The van der Waals surface area contributed by atoms with Crippen molar-refractivity contribution in [2.45, 2.75) is 25.5 Å². The van der Waals surface area contributed by atoms with E-state index in [1.807, 2.05) is 4.90 Å². The largest absolute Gasteiger partial charge is 0.494 e. The maximum atomic E-state index is 14.0. The lowest BCUT2D eigenvalue weighted by molar-refractivity contribution is -0.0156. The Hall–Kier alpha value is -1.66. The molecule has 2 fully saturated rings. The second kappa shape index (κ2) is 7.07. The summed E-state index contributed by atoms with van der Waals surface area (Å²) in [6, 6.07) is 4.54. The Bertz CT molecular complexity index is 610. The smallest absolute Gasteiger partial charge is 0.254 e. The topological polar surface area (TPSA) is 42.0 Å². The second-order valence-corrected chi connectivity index (χ2v) is 6.49. The lowest BCUT2D eigenvalue weighted by atomic mass is 9.88. The molecule has 0 aliphatic carbocycles. The van der Waals surface area contributed by atoms with Gasteiger partial charge in [-0.2, -0.15) is 0 Å². The molecule has 0 bridgehead atoms. The fourth-order valence-corrected chi connectivity index (χ4v) is 4.00. The number of piperidine rings is 1. The number of benzene rings is 1. The molecule has 2 aliphatic rings. The van der Waals surface area contributed by atoms with E-state index >= 15 is 0 Å². The highest BCUT2D eigenvalue weighted by Gasteiger charge is 2.45. The summed E-state index contributed by atoms with van der Waals surface area (Å²) in [5, 5.41) is 0. The van der Waals surface area contributed by atoms with Gasteiger partial charge in [0.15, 0.2) is 11.6 Å². The number of methoxy groups -OCH3 is 2. The van der Waals surface area contributed by atoms with Crippen LogP contribution in [0.1, 0.15) is 23.7 Å². The maximum Gasteiger partial charge on any atom is 0.254 e. The van der Waals surface area contributed by atoms with Gasteiger partial charge < -0.3 is 19.3 Å². The Balaban J connectivity index is 1.83. The van der Waals surface area contributed by atoms with Crippen molar-refractivity contribution in [3.05, 3.63) is 29.6 Å². The van der Waals surface area contributed by atoms with Gasteiger partial charge in [-0.15, -0.1) is 0 Å². The van der Waals surface area contributed by atoms with Crippen LogP contribution in [0.15, 0.2) is 18.2 Å². The average Bonchev–Trinajstić information content (AvgIpc) is 3.04. The molecule has 2 saturated heterocycles. The molecule has 1 aromatic rings. The first-order valence-electron chi connectivity index (χ1n) is 8.48. The van der Waals surface area contributed by atoms with Crippen molar-refractivity contribution in [2.75, 3.05) is 40.4 Å². The Kier molecular flexibility index (Phi) is 5.06. The van der Waals surface area contributed by atoms with E-state index in [-0.39, 0.29) is 23.8 Å². The molecule has 0 radical (unpaired) electrons. The molecule has 132 valence electrons. The van der Waals surface area contributed by atoms with Gasteiger partial charge in [0.1, 0.15) is 0 Å². The van der Waals surface area contributed by atoms with E-state index in [1.54, 1.807) is 13.2 Å². The van der Waals surface area contributed by atoms with Gasteiger partial charge in [0.2, 0.25) is 0 Å². The van der Waals surface area contributed by atoms with Gasteiger partial charge in [0.25, 0.3) is 5.91 Å². The van der Waals surface area contributed by atoms with Crippen LogP contribution in [0.2, 0.25) is 0 Å². The minimum Gasteiger partial charge on any atom is -0.494 e. The van der Waals surface area contributed by atoms with Gasteiger partial charge in [-0.25, -0.2) is 4.39 Å². The van der Waals surface area contributed by atoms with Gasteiger partial charge >= 0.3 is 0 Å². The zero-order valence-corrected chi connectivity index (χ0v) is 14.5. The molecule has 1 amide bonds. The first-order chi connectivity index (χ1) is 11.6. The summed E-state index contributed by atoms with van der Waals surface area (Å²) in [7, 11) is 3.16. The molecular formula is C18H25FN2O3. The molecular weight excluding hydrogens is 311 g/mol. The average molecular weight is 336 g/mol. The van der Waals surface area contributed by atoms with Crippen molar-refractivity contribution < 1.29 is 18.7 Å². The van der Waals surface area contributed by atoms with Crippen molar-refractivity contribution in [3.8, 4) is 5.75 Å². The second-order valence-electron chi connectivity index (χ2n) is 6.49. The standard InChI is InChI=1S/C18H25FN2O3/c1-4-20-10-13-15(11-20)21(8-7-16(13)23-2)18(22)12-5-6-17(24-3)14(19)9-12/h5-6,9,13,15-16H,4,7-8,10-11H2,1-3H3/t13-,15+,16-/m1/s1. The summed E-state index contributed by atoms with van der Waals surface area (Å²) in [6.45, 7) is 5.53. The van der Waals surface area contributed by atoms with E-state index in [1.165, 1.54) is 19.2 Å². The number of carbonyl (C=O) groups excluding carboxylic acids is 1. The number of amides is 1. The third kappa shape index (κ3) is 3.00. The number of ether oxygens (including phenoxy) is 2. The van der Waals surface area contributed by atoms with Crippen molar-refractivity contribution in [2.24, 2.45) is 5.92 Å². The normalized spacial score (nSPS) is 27.2. The molecule has 0 aromatic heterocycles. The van der Waals surface area contributed by atoms with Gasteiger partial charge in [0, 0.05) is 38.2 Å². The van der Waals surface area contributed by atoms with Crippen LogP contribution in [-0.4, -0.2) is 68.3 Å². The van der Waals surface area contributed by atoms with Gasteiger partial charge in [-0.05, 0) is 31.2 Å². The summed E-state index contributed by atoms with van der Waals surface area (Å²) in [4.78, 5) is 17.2. The van der Waals surface area contributed by atoms with Crippen molar-refractivity contribution in [1.82, 2.24) is 9.80 Å². The van der Waals surface area contributed by atoms with Gasteiger partial charge in [0.05, 0.1) is 19.3 Å². The van der Waals surface area contributed by atoms with Gasteiger partial charge in [-0.3, -0.25) is 4.79 Å². The minimum absolute atomic E-state index is 0.112. The van der Waals surface area contributed by atoms with Crippen LogP contribution in [0.5, 0.6) is 5.75 Å². The molecule has 3 atom stereocenters. The number of likely N-dealkylation sites (N-methyl/N-ethyl adjacent to an activating group) is 1. The minimum atomic E-state index is -0.506. The summed E-state index contributed by atoms with van der Waals surface area (Å²) >= 11 is 0. The number of likely N-dealkylation sites (tertiary alicyclic amines) is 2. The van der Waals surface area contributed by atoms with Crippen molar-refractivity contribution in [1.29, 1.82) is 0 Å². The highest BCUT2D eigenvalue weighted by Crippen LogP contribution is 2.33. The molecule has 0 spiro atoms. The van der Waals surface area contributed by atoms with Crippen molar-refractivity contribution in [3.63, 3.8) is 0 Å². The Morgan fingerprint density at radius 2 is 2.12 bits per heavy atom. The number of carbonyl (C=O) groups is 1. The fraction of sp³-hybridized carbons (Fsp3) is 0.611. The predicted octanol–water partition coefficient (Wildman–Crippen LogP) is 2.02. The van der Waals surface area contributed by atoms with Gasteiger partial charge in [-0.1, -0.05) is 6.92 Å². The summed E-state index contributed by atoms with van der Waals surface area (Å²) in [5.41, 5.74) is 0.373. The number of halogens is 1.